The van der Waals surface area contributed by atoms with Gasteiger partial charge >= 0.3 is 0 Å². The predicted molar refractivity (Wildman–Crippen MR) is 169 cm³/mol. The van der Waals surface area contributed by atoms with E-state index in [-0.39, 0.29) is 24.4 Å². The summed E-state index contributed by atoms with van der Waals surface area (Å²) in [5, 5.41) is 26.6. The number of carbonyl (C=O) groups is 2. The number of amides is 2. The molecule has 1 aromatic rings. The zero-order valence-electron chi connectivity index (χ0n) is 25.7. The van der Waals surface area contributed by atoms with Crippen molar-refractivity contribution < 1.29 is 28.4 Å². The highest BCUT2D eigenvalue weighted by molar-refractivity contribution is 7.82. The van der Waals surface area contributed by atoms with Gasteiger partial charge in [0.15, 0.2) is 0 Å². The lowest BCUT2D eigenvalue weighted by molar-refractivity contribution is -0.131. The lowest BCUT2D eigenvalue weighted by Crippen LogP contribution is -2.55. The molecule has 11 heteroatoms. The third-order valence-electron chi connectivity index (χ3n) is 7.88. The Morgan fingerprint density at radius 3 is 2.37 bits per heavy atom. The Hall–Kier alpha value is -2.62. The molecule has 43 heavy (non-hydrogen) atoms. The van der Waals surface area contributed by atoms with Crippen molar-refractivity contribution in [2.24, 2.45) is 11.8 Å². The van der Waals surface area contributed by atoms with Crippen molar-refractivity contribution in [1.82, 2.24) is 19.8 Å². The van der Waals surface area contributed by atoms with E-state index in [4.69, 9.17) is 6.42 Å². The van der Waals surface area contributed by atoms with Crippen molar-refractivity contribution in [3.63, 3.8) is 0 Å². The van der Waals surface area contributed by atoms with E-state index >= 15 is 0 Å². The van der Waals surface area contributed by atoms with E-state index in [0.29, 0.717) is 25.9 Å². The number of hydrogen-bond acceptors (Lipinski definition) is 6. The molecule has 1 saturated carbocycles. The molecule has 4 N–H and O–H groups in total. The van der Waals surface area contributed by atoms with Crippen LogP contribution in [0.1, 0.15) is 50.5 Å². The van der Waals surface area contributed by atoms with Crippen LogP contribution >= 0.6 is 0 Å². The summed E-state index contributed by atoms with van der Waals surface area (Å²) in [6, 6.07) is 7.38. The molecule has 0 aromatic heterocycles. The predicted octanol–water partition coefficient (Wildman–Crippen LogP) is 2.17. The van der Waals surface area contributed by atoms with Crippen LogP contribution in [-0.2, 0) is 27.0 Å². The van der Waals surface area contributed by atoms with Gasteiger partial charge in [-0.1, -0.05) is 62.4 Å². The van der Waals surface area contributed by atoms with Crippen molar-refractivity contribution in [3.8, 4) is 12.3 Å². The molecule has 2 amide bonds. The number of halogens is 1. The molecule has 1 unspecified atom stereocenters. The molecule has 1 aromatic carbocycles. The summed E-state index contributed by atoms with van der Waals surface area (Å²) >= 11 is 0. The number of terminal acetylenes is 1. The van der Waals surface area contributed by atoms with E-state index in [1.807, 2.05) is 49.3 Å². The zero-order valence-corrected chi connectivity index (χ0v) is 26.5. The molecule has 0 bridgehead atoms. The number of benzene rings is 1. The molecular formula is C32H49FN4O5S. The van der Waals surface area contributed by atoms with Crippen LogP contribution in [0.5, 0.6) is 0 Å². The molecule has 9 nitrogen and oxygen atoms in total. The van der Waals surface area contributed by atoms with Gasteiger partial charge in [-0.3, -0.25) is 9.59 Å². The Morgan fingerprint density at radius 1 is 1.09 bits per heavy atom. The smallest absolute Gasteiger partial charge is 0.243 e. The van der Waals surface area contributed by atoms with Crippen molar-refractivity contribution >= 4 is 22.8 Å². The summed E-state index contributed by atoms with van der Waals surface area (Å²) in [6.45, 7) is 1.25. The second-order valence-electron chi connectivity index (χ2n) is 11.7. The van der Waals surface area contributed by atoms with Gasteiger partial charge in [0, 0.05) is 19.5 Å². The number of likely N-dealkylation sites (N-methyl/N-ethyl adjacent to an activating group) is 2. The van der Waals surface area contributed by atoms with Crippen molar-refractivity contribution in [3.05, 3.63) is 48.3 Å². The second kappa shape index (κ2) is 19.6. The Labute approximate surface area is 258 Å². The maximum absolute atomic E-state index is 13.6. The molecule has 2 rings (SSSR count). The lowest BCUT2D eigenvalue weighted by atomic mass is 9.83. The first kappa shape index (κ1) is 36.6. The van der Waals surface area contributed by atoms with Gasteiger partial charge in [-0.15, -0.1) is 12.3 Å². The van der Waals surface area contributed by atoms with Gasteiger partial charge in [0.2, 0.25) is 11.8 Å². The van der Waals surface area contributed by atoms with Crippen LogP contribution in [0.15, 0.2) is 42.7 Å². The minimum Gasteiger partial charge on any atom is -0.388 e. The number of nitrogens with zero attached hydrogens (tertiary/aromatic N) is 2. The highest BCUT2D eigenvalue weighted by Crippen LogP contribution is 2.28. The fraction of sp³-hybridized carbons (Fsp3) is 0.625. The van der Waals surface area contributed by atoms with Crippen LogP contribution in [-0.4, -0.2) is 99.7 Å². The molecule has 0 spiro atoms. The molecule has 1 aliphatic rings. The summed E-state index contributed by atoms with van der Waals surface area (Å²) in [7, 11) is 4.14. The normalized spacial score (nSPS) is 18.5. The molecule has 0 saturated heterocycles. The summed E-state index contributed by atoms with van der Waals surface area (Å²) in [5.41, 5.74) is 0.888. The van der Waals surface area contributed by atoms with Crippen LogP contribution in [0.25, 0.3) is 0 Å². The van der Waals surface area contributed by atoms with Gasteiger partial charge in [-0.25, -0.2) is 12.9 Å². The summed E-state index contributed by atoms with van der Waals surface area (Å²) in [4.78, 5) is 29.1. The van der Waals surface area contributed by atoms with Crippen molar-refractivity contribution in [2.45, 2.75) is 75.7 Å². The van der Waals surface area contributed by atoms with Crippen LogP contribution < -0.4 is 10.6 Å². The fourth-order valence-corrected chi connectivity index (χ4v) is 6.41. The lowest BCUT2D eigenvalue weighted by Gasteiger charge is -2.32. The monoisotopic (exact) mass is 620 g/mol. The van der Waals surface area contributed by atoms with Gasteiger partial charge < -0.3 is 25.7 Å². The number of rotatable bonds is 18. The zero-order chi connectivity index (χ0) is 31.8. The maximum Gasteiger partial charge on any atom is 0.243 e. The standard InChI is InChI=1S/C32H49FN4O5S/c1-5-12-27(32(41)35-28(30(39)29(38)17-18-33)22-25-15-10-7-11-16-25)34-31(40)26(21-24-13-8-6-9-14-24)23-43(42)37(4)20-19-36(2)3/h1,6,8-9,13-14,17-18,25-30,38-39H,7,10-12,15-16,19-23H2,2-4H3,(H,34,40)(H,35,41)/t26-,27-,28+,29+,30+,43?/m0/s1. The fourth-order valence-electron chi connectivity index (χ4n) is 5.26. The van der Waals surface area contributed by atoms with Gasteiger partial charge in [0.05, 0.1) is 35.0 Å². The number of nitrogens with one attached hydrogen (secondary N) is 2. The molecule has 1 fully saturated rings. The van der Waals surface area contributed by atoms with Crippen LogP contribution in [0.3, 0.4) is 0 Å². The number of aliphatic hydroxyl groups excluding tert-OH is 2. The Morgan fingerprint density at radius 2 is 1.77 bits per heavy atom. The average Bonchev–Trinajstić information content (AvgIpc) is 2.99. The Kier molecular flexibility index (Phi) is 16.7. The van der Waals surface area contributed by atoms with Crippen molar-refractivity contribution in [2.75, 3.05) is 40.0 Å². The van der Waals surface area contributed by atoms with Crippen LogP contribution in [0.4, 0.5) is 4.39 Å². The van der Waals surface area contributed by atoms with E-state index in [2.05, 4.69) is 16.6 Å². The minimum absolute atomic E-state index is 0.0554. The van der Waals surface area contributed by atoms with Crippen LogP contribution in [0, 0.1) is 24.2 Å². The summed E-state index contributed by atoms with van der Waals surface area (Å²) in [5.74, 6) is 0.942. The number of aliphatic hydroxyl groups is 2. The third-order valence-corrected chi connectivity index (χ3v) is 9.44. The highest BCUT2D eigenvalue weighted by atomic mass is 32.2. The average molecular weight is 621 g/mol. The molecular weight excluding hydrogens is 571 g/mol. The first-order chi connectivity index (χ1) is 20.5. The third kappa shape index (κ3) is 13.3. The van der Waals surface area contributed by atoms with Gasteiger partial charge in [-0.2, -0.15) is 0 Å². The molecule has 0 heterocycles. The van der Waals surface area contributed by atoms with Gasteiger partial charge in [0.25, 0.3) is 0 Å². The van der Waals surface area contributed by atoms with Crippen LogP contribution in [0.2, 0.25) is 0 Å². The minimum atomic E-state index is -1.52. The van der Waals surface area contributed by atoms with E-state index in [0.717, 1.165) is 43.7 Å². The topological polar surface area (TPSA) is 122 Å². The van der Waals surface area contributed by atoms with E-state index in [1.165, 1.54) is 0 Å². The Balaban J connectivity index is 2.21. The largest absolute Gasteiger partial charge is 0.388 e. The van der Waals surface area contributed by atoms with Crippen molar-refractivity contribution in [1.29, 1.82) is 0 Å². The maximum atomic E-state index is 13.6. The summed E-state index contributed by atoms with van der Waals surface area (Å²) < 4.78 is 27.7. The first-order valence-corrected chi connectivity index (χ1v) is 16.3. The molecule has 0 aliphatic heterocycles. The Bertz CT molecular complexity index is 1080. The van der Waals surface area contributed by atoms with E-state index in [9.17, 15) is 28.4 Å². The highest BCUT2D eigenvalue weighted by Gasteiger charge is 2.33. The van der Waals surface area contributed by atoms with Gasteiger partial charge in [0.1, 0.15) is 18.2 Å². The second-order valence-corrected chi connectivity index (χ2v) is 13.3. The quantitative estimate of drug-likeness (QED) is 0.187. The van der Waals surface area contributed by atoms with Gasteiger partial charge in [-0.05, 0) is 51.5 Å². The number of hydrogen-bond donors (Lipinski definition) is 4. The van der Waals surface area contributed by atoms with E-state index < -0.39 is 53.0 Å². The first-order valence-electron chi connectivity index (χ1n) is 15.0. The van der Waals surface area contributed by atoms with E-state index in [1.54, 1.807) is 11.4 Å². The summed E-state index contributed by atoms with van der Waals surface area (Å²) in [6.07, 6.45) is 9.25. The number of carbonyl (C=O) groups excluding carboxylic acids is 2. The molecule has 240 valence electrons. The molecule has 0 radical (unpaired) electrons. The molecule has 6 atom stereocenters. The molecule has 1 aliphatic carbocycles. The SMILES string of the molecule is C#CC[C@H](NC(=O)[C@@H](Cc1ccccc1)CS(=O)N(C)CCN(C)C)C(=O)N[C@H](CC1CCCCC1)[C@@H](O)[C@H](O)C=CF.